The van der Waals surface area contributed by atoms with Crippen LogP contribution in [0.5, 0.6) is 0 Å². The van der Waals surface area contributed by atoms with Gasteiger partial charge in [0.15, 0.2) is 0 Å². The standard InChI is InChI=1S/C41H25N3/c1-3-9-29-24-39-31(19-27(29)7-1)14-16-37(43-39)34-21-33(36-13-5-11-26-12-6-18-42-41(26)36)22-35(23-34)38-17-15-32-20-28-8-2-4-10-30(28)25-40(32)44-38/h1-25H. The Labute approximate surface area is 254 Å². The van der Waals surface area contributed by atoms with Crippen LogP contribution in [0.2, 0.25) is 0 Å². The Balaban J connectivity index is 1.27. The summed E-state index contributed by atoms with van der Waals surface area (Å²) in [5.74, 6) is 0. The number of benzene rings is 6. The Hall–Kier alpha value is -5.93. The zero-order valence-electron chi connectivity index (χ0n) is 23.8. The van der Waals surface area contributed by atoms with Crippen LogP contribution in [-0.4, -0.2) is 15.0 Å². The smallest absolute Gasteiger partial charge is 0.0780 e. The predicted octanol–water partition coefficient (Wildman–Crippen LogP) is 10.6. The number of nitrogens with zero attached hydrogens (tertiary/aromatic N) is 3. The van der Waals surface area contributed by atoms with Crippen LogP contribution in [0.25, 0.3) is 87.9 Å². The van der Waals surface area contributed by atoms with E-state index in [4.69, 9.17) is 15.0 Å². The van der Waals surface area contributed by atoms with Crippen LogP contribution in [0, 0.1) is 0 Å². The minimum atomic E-state index is 0.927. The van der Waals surface area contributed by atoms with Gasteiger partial charge in [0.05, 0.1) is 27.9 Å². The van der Waals surface area contributed by atoms with Crippen molar-refractivity contribution in [3.05, 3.63) is 152 Å². The molecule has 0 fully saturated rings. The number of aromatic nitrogens is 3. The molecule has 0 aliphatic rings. The van der Waals surface area contributed by atoms with Gasteiger partial charge in [-0.15, -0.1) is 0 Å². The molecule has 204 valence electrons. The fourth-order valence-corrected chi connectivity index (χ4v) is 6.36. The third-order valence-electron chi connectivity index (χ3n) is 8.58. The Bertz CT molecular complexity index is 2420. The molecule has 0 spiro atoms. The molecule has 0 radical (unpaired) electrons. The third-order valence-corrected chi connectivity index (χ3v) is 8.58. The van der Waals surface area contributed by atoms with Gasteiger partial charge in [0.1, 0.15) is 0 Å². The number of para-hydroxylation sites is 1. The van der Waals surface area contributed by atoms with E-state index >= 15 is 0 Å². The molecular weight excluding hydrogens is 534 g/mol. The summed E-state index contributed by atoms with van der Waals surface area (Å²) >= 11 is 0. The fourth-order valence-electron chi connectivity index (χ4n) is 6.36. The third kappa shape index (κ3) is 4.18. The Kier molecular flexibility index (Phi) is 5.50. The molecule has 3 aromatic heterocycles. The summed E-state index contributed by atoms with van der Waals surface area (Å²) in [6.45, 7) is 0. The SMILES string of the molecule is c1ccc2cc3nc(-c4cc(-c5ccc6cc7ccccc7cc6n5)cc(-c5cccc6cccnc56)c4)ccc3cc2c1. The summed E-state index contributed by atoms with van der Waals surface area (Å²) in [7, 11) is 0. The number of fused-ring (bicyclic) bond motifs is 5. The van der Waals surface area contributed by atoms with Crippen LogP contribution in [0.1, 0.15) is 0 Å². The molecule has 0 atom stereocenters. The van der Waals surface area contributed by atoms with Gasteiger partial charge >= 0.3 is 0 Å². The molecular formula is C41H25N3. The van der Waals surface area contributed by atoms with Crippen molar-refractivity contribution in [1.82, 2.24) is 15.0 Å². The lowest BCUT2D eigenvalue weighted by Gasteiger charge is -2.13. The number of hydrogen-bond acceptors (Lipinski definition) is 3. The summed E-state index contributed by atoms with van der Waals surface area (Å²) in [5, 5.41) is 8.19. The maximum absolute atomic E-state index is 5.18. The summed E-state index contributed by atoms with van der Waals surface area (Å²) in [6, 6.07) is 51.4. The molecule has 44 heavy (non-hydrogen) atoms. The van der Waals surface area contributed by atoms with E-state index in [0.29, 0.717) is 0 Å². The van der Waals surface area contributed by atoms with Gasteiger partial charge in [-0.25, -0.2) is 9.97 Å². The van der Waals surface area contributed by atoms with Crippen molar-refractivity contribution < 1.29 is 0 Å². The lowest BCUT2D eigenvalue weighted by molar-refractivity contribution is 1.38. The van der Waals surface area contributed by atoms with Gasteiger partial charge < -0.3 is 0 Å². The summed E-state index contributed by atoms with van der Waals surface area (Å²) < 4.78 is 0. The summed E-state index contributed by atoms with van der Waals surface area (Å²) in [5.41, 5.74) is 9.06. The van der Waals surface area contributed by atoms with E-state index in [0.717, 1.165) is 66.4 Å². The van der Waals surface area contributed by atoms with Gasteiger partial charge in [0.2, 0.25) is 0 Å². The molecule has 0 bridgehead atoms. The van der Waals surface area contributed by atoms with Gasteiger partial charge in [-0.1, -0.05) is 84.9 Å². The summed E-state index contributed by atoms with van der Waals surface area (Å²) in [4.78, 5) is 15.1. The molecule has 6 aromatic carbocycles. The minimum absolute atomic E-state index is 0.927. The van der Waals surface area contributed by atoms with E-state index in [9.17, 15) is 0 Å². The fraction of sp³-hybridized carbons (Fsp3) is 0. The zero-order valence-corrected chi connectivity index (χ0v) is 23.8. The first-order chi connectivity index (χ1) is 21.7. The predicted molar refractivity (Wildman–Crippen MR) is 184 cm³/mol. The average Bonchev–Trinajstić information content (AvgIpc) is 3.09. The molecule has 0 saturated heterocycles. The van der Waals surface area contributed by atoms with E-state index < -0.39 is 0 Å². The maximum Gasteiger partial charge on any atom is 0.0780 e. The van der Waals surface area contributed by atoms with E-state index in [1.807, 2.05) is 12.3 Å². The van der Waals surface area contributed by atoms with Crippen molar-refractivity contribution in [1.29, 1.82) is 0 Å². The largest absolute Gasteiger partial charge is 0.256 e. The molecule has 9 rings (SSSR count). The second-order valence-corrected chi connectivity index (χ2v) is 11.4. The van der Waals surface area contributed by atoms with Gasteiger partial charge in [0.25, 0.3) is 0 Å². The highest BCUT2D eigenvalue weighted by molar-refractivity contribution is 6.00. The highest BCUT2D eigenvalue weighted by atomic mass is 14.7. The van der Waals surface area contributed by atoms with Crippen molar-refractivity contribution in [2.75, 3.05) is 0 Å². The van der Waals surface area contributed by atoms with E-state index in [1.54, 1.807) is 0 Å². The van der Waals surface area contributed by atoms with Crippen molar-refractivity contribution in [2.24, 2.45) is 0 Å². The van der Waals surface area contributed by atoms with Crippen LogP contribution in [0.4, 0.5) is 0 Å². The lowest BCUT2D eigenvalue weighted by Crippen LogP contribution is -1.92. The van der Waals surface area contributed by atoms with Gasteiger partial charge in [0, 0.05) is 39.0 Å². The van der Waals surface area contributed by atoms with Crippen molar-refractivity contribution in [2.45, 2.75) is 0 Å². The Morgan fingerprint density at radius 2 is 0.841 bits per heavy atom. The number of pyridine rings is 3. The Morgan fingerprint density at radius 1 is 0.341 bits per heavy atom. The lowest BCUT2D eigenvalue weighted by atomic mass is 9.94. The van der Waals surface area contributed by atoms with Crippen molar-refractivity contribution in [3.8, 4) is 33.6 Å². The number of rotatable bonds is 3. The van der Waals surface area contributed by atoms with Crippen LogP contribution in [0.15, 0.2) is 152 Å². The van der Waals surface area contributed by atoms with E-state index in [2.05, 4.69) is 140 Å². The van der Waals surface area contributed by atoms with Gasteiger partial charge in [-0.2, -0.15) is 0 Å². The molecule has 9 aromatic rings. The average molecular weight is 560 g/mol. The van der Waals surface area contributed by atoms with Gasteiger partial charge in [-0.05, 0) is 87.8 Å². The van der Waals surface area contributed by atoms with E-state index in [1.165, 1.54) is 21.5 Å². The molecule has 3 nitrogen and oxygen atoms in total. The highest BCUT2D eigenvalue weighted by Gasteiger charge is 2.13. The molecule has 0 aliphatic carbocycles. The monoisotopic (exact) mass is 559 g/mol. The minimum Gasteiger partial charge on any atom is -0.256 e. The van der Waals surface area contributed by atoms with Gasteiger partial charge in [-0.3, -0.25) is 4.98 Å². The number of hydrogen-bond donors (Lipinski definition) is 0. The molecule has 0 saturated carbocycles. The maximum atomic E-state index is 5.18. The van der Waals surface area contributed by atoms with Crippen LogP contribution >= 0.6 is 0 Å². The van der Waals surface area contributed by atoms with Crippen LogP contribution in [-0.2, 0) is 0 Å². The molecule has 0 amide bonds. The zero-order chi connectivity index (χ0) is 29.0. The normalized spacial score (nSPS) is 11.6. The first-order valence-corrected chi connectivity index (χ1v) is 14.8. The first kappa shape index (κ1) is 24.6. The van der Waals surface area contributed by atoms with Crippen LogP contribution < -0.4 is 0 Å². The Morgan fingerprint density at radius 3 is 1.43 bits per heavy atom. The molecule has 3 heterocycles. The van der Waals surface area contributed by atoms with Crippen LogP contribution in [0.3, 0.4) is 0 Å². The second-order valence-electron chi connectivity index (χ2n) is 11.4. The van der Waals surface area contributed by atoms with Crippen molar-refractivity contribution in [3.63, 3.8) is 0 Å². The molecule has 0 unspecified atom stereocenters. The first-order valence-electron chi connectivity index (χ1n) is 14.8. The molecule has 0 N–H and O–H groups in total. The molecule has 0 aliphatic heterocycles. The topological polar surface area (TPSA) is 38.7 Å². The molecule has 3 heteroatoms. The quantitative estimate of drug-likeness (QED) is 0.202. The van der Waals surface area contributed by atoms with E-state index in [-0.39, 0.29) is 0 Å². The highest BCUT2D eigenvalue weighted by Crippen LogP contribution is 2.36. The van der Waals surface area contributed by atoms with Crippen molar-refractivity contribution >= 4 is 54.3 Å². The second kappa shape index (κ2) is 9.82. The summed E-state index contributed by atoms with van der Waals surface area (Å²) in [6.07, 6.45) is 1.86.